The summed E-state index contributed by atoms with van der Waals surface area (Å²) in [6, 6.07) is 8.04. The van der Waals surface area contributed by atoms with Crippen molar-refractivity contribution in [3.8, 4) is 0 Å². The summed E-state index contributed by atoms with van der Waals surface area (Å²) in [6.45, 7) is 3.24. The minimum absolute atomic E-state index is 0.522. The molecule has 0 spiro atoms. The molecule has 8 heteroatoms. The Labute approximate surface area is 130 Å². The molecule has 1 aliphatic heterocycles. The SMILES string of the molecule is CN(C)S(=O)(=O)N1CCN(Cc2cc3ccccn3n2)CC1. The molecular formula is C14H21N5O2S. The predicted octanol–water partition coefficient (Wildman–Crippen LogP) is 0.258. The summed E-state index contributed by atoms with van der Waals surface area (Å²) in [4.78, 5) is 2.24. The number of piperazine rings is 1. The van der Waals surface area contributed by atoms with Crippen LogP contribution in [0.25, 0.3) is 5.52 Å². The fourth-order valence-electron chi connectivity index (χ4n) is 2.65. The molecule has 3 rings (SSSR count). The van der Waals surface area contributed by atoms with Crippen LogP contribution in [0.15, 0.2) is 30.5 Å². The van der Waals surface area contributed by atoms with Crippen LogP contribution in [0, 0.1) is 0 Å². The largest absolute Gasteiger partial charge is 0.295 e. The molecule has 0 saturated carbocycles. The Morgan fingerprint density at radius 1 is 1.18 bits per heavy atom. The van der Waals surface area contributed by atoms with Crippen molar-refractivity contribution in [3.63, 3.8) is 0 Å². The third-order valence-electron chi connectivity index (χ3n) is 3.93. The molecule has 22 heavy (non-hydrogen) atoms. The maximum absolute atomic E-state index is 12.1. The molecular weight excluding hydrogens is 302 g/mol. The fourth-order valence-corrected chi connectivity index (χ4v) is 3.73. The van der Waals surface area contributed by atoms with Crippen molar-refractivity contribution in [2.75, 3.05) is 40.3 Å². The van der Waals surface area contributed by atoms with Crippen molar-refractivity contribution in [1.29, 1.82) is 0 Å². The Morgan fingerprint density at radius 2 is 1.91 bits per heavy atom. The third-order valence-corrected chi connectivity index (χ3v) is 5.87. The van der Waals surface area contributed by atoms with E-state index < -0.39 is 10.2 Å². The summed E-state index contributed by atoms with van der Waals surface area (Å²) in [5.74, 6) is 0. The number of aromatic nitrogens is 2. The van der Waals surface area contributed by atoms with Gasteiger partial charge in [-0.25, -0.2) is 4.52 Å². The molecule has 3 heterocycles. The van der Waals surface area contributed by atoms with Crippen LogP contribution in [-0.4, -0.2) is 71.8 Å². The van der Waals surface area contributed by atoms with Gasteiger partial charge in [0.15, 0.2) is 0 Å². The van der Waals surface area contributed by atoms with E-state index in [0.717, 1.165) is 30.8 Å². The summed E-state index contributed by atoms with van der Waals surface area (Å²) in [6.07, 6.45) is 1.93. The summed E-state index contributed by atoms with van der Waals surface area (Å²) in [5.41, 5.74) is 2.08. The second kappa shape index (κ2) is 5.96. The number of hydrogen-bond donors (Lipinski definition) is 0. The monoisotopic (exact) mass is 323 g/mol. The molecule has 1 aliphatic rings. The first kappa shape index (κ1) is 15.4. The van der Waals surface area contributed by atoms with Gasteiger partial charge in [-0.15, -0.1) is 0 Å². The number of hydrogen-bond acceptors (Lipinski definition) is 4. The highest BCUT2D eigenvalue weighted by molar-refractivity contribution is 7.86. The van der Waals surface area contributed by atoms with Crippen LogP contribution in [0.2, 0.25) is 0 Å². The van der Waals surface area contributed by atoms with E-state index in [4.69, 9.17) is 0 Å². The highest BCUT2D eigenvalue weighted by Gasteiger charge is 2.28. The van der Waals surface area contributed by atoms with E-state index in [0.29, 0.717) is 13.1 Å². The van der Waals surface area contributed by atoms with Crippen molar-refractivity contribution in [2.45, 2.75) is 6.54 Å². The standard InChI is InChI=1S/C14H21N5O2S/c1-16(2)22(20,21)18-9-7-17(8-10-18)12-13-11-14-5-3-4-6-19(14)15-13/h3-6,11H,7-10,12H2,1-2H3. The van der Waals surface area contributed by atoms with Gasteiger partial charge in [0, 0.05) is 53.0 Å². The van der Waals surface area contributed by atoms with Crippen molar-refractivity contribution < 1.29 is 8.42 Å². The van der Waals surface area contributed by atoms with Gasteiger partial charge >= 0.3 is 0 Å². The number of nitrogens with zero attached hydrogens (tertiary/aromatic N) is 5. The first-order chi connectivity index (χ1) is 10.5. The molecule has 0 atom stereocenters. The summed E-state index contributed by atoms with van der Waals surface area (Å²) in [5, 5.41) is 4.54. The van der Waals surface area contributed by atoms with E-state index >= 15 is 0 Å². The maximum atomic E-state index is 12.1. The molecule has 0 radical (unpaired) electrons. The first-order valence-corrected chi connectivity index (χ1v) is 8.70. The van der Waals surface area contributed by atoms with Gasteiger partial charge in [0.1, 0.15) is 0 Å². The molecule has 0 amide bonds. The molecule has 1 fully saturated rings. The molecule has 7 nitrogen and oxygen atoms in total. The van der Waals surface area contributed by atoms with Crippen LogP contribution in [0.5, 0.6) is 0 Å². The molecule has 0 unspecified atom stereocenters. The van der Waals surface area contributed by atoms with Gasteiger partial charge in [-0.3, -0.25) is 4.90 Å². The lowest BCUT2D eigenvalue weighted by Gasteiger charge is -2.34. The molecule has 0 bridgehead atoms. The normalized spacial score (nSPS) is 18.3. The lowest BCUT2D eigenvalue weighted by Crippen LogP contribution is -2.51. The van der Waals surface area contributed by atoms with Crippen LogP contribution in [0.3, 0.4) is 0 Å². The van der Waals surface area contributed by atoms with Crippen LogP contribution < -0.4 is 0 Å². The van der Waals surface area contributed by atoms with Gasteiger partial charge in [0.2, 0.25) is 0 Å². The van der Waals surface area contributed by atoms with E-state index in [1.807, 2.05) is 28.9 Å². The van der Waals surface area contributed by atoms with Crippen LogP contribution in [0.1, 0.15) is 5.69 Å². The lowest BCUT2D eigenvalue weighted by atomic mass is 10.3. The Hall–Kier alpha value is -1.48. The van der Waals surface area contributed by atoms with Crippen molar-refractivity contribution in [3.05, 3.63) is 36.2 Å². The van der Waals surface area contributed by atoms with E-state index in [2.05, 4.69) is 16.1 Å². The Bertz CT molecular complexity index is 714. The first-order valence-electron chi connectivity index (χ1n) is 7.30. The zero-order chi connectivity index (χ0) is 15.7. The predicted molar refractivity (Wildman–Crippen MR) is 84.6 cm³/mol. The molecule has 0 N–H and O–H groups in total. The molecule has 2 aromatic heterocycles. The van der Waals surface area contributed by atoms with E-state index in [-0.39, 0.29) is 0 Å². The fraction of sp³-hybridized carbons (Fsp3) is 0.500. The van der Waals surface area contributed by atoms with E-state index in [9.17, 15) is 8.42 Å². The van der Waals surface area contributed by atoms with Crippen molar-refractivity contribution >= 4 is 15.7 Å². The average Bonchev–Trinajstić information content (AvgIpc) is 2.89. The van der Waals surface area contributed by atoms with Crippen LogP contribution >= 0.6 is 0 Å². The highest BCUT2D eigenvalue weighted by Crippen LogP contribution is 2.13. The highest BCUT2D eigenvalue weighted by atomic mass is 32.2. The van der Waals surface area contributed by atoms with E-state index in [1.165, 1.54) is 8.61 Å². The Balaban J connectivity index is 1.62. The quantitative estimate of drug-likeness (QED) is 0.810. The van der Waals surface area contributed by atoms with Gasteiger partial charge in [0.05, 0.1) is 11.2 Å². The average molecular weight is 323 g/mol. The van der Waals surface area contributed by atoms with Gasteiger partial charge < -0.3 is 0 Å². The minimum Gasteiger partial charge on any atom is -0.295 e. The zero-order valence-corrected chi connectivity index (χ0v) is 13.7. The van der Waals surface area contributed by atoms with Crippen molar-refractivity contribution in [2.24, 2.45) is 0 Å². The third kappa shape index (κ3) is 3.00. The maximum Gasteiger partial charge on any atom is 0.281 e. The Morgan fingerprint density at radius 3 is 2.55 bits per heavy atom. The van der Waals surface area contributed by atoms with Gasteiger partial charge in [-0.05, 0) is 18.2 Å². The molecule has 1 saturated heterocycles. The minimum atomic E-state index is -3.30. The van der Waals surface area contributed by atoms with Crippen molar-refractivity contribution in [1.82, 2.24) is 23.1 Å². The molecule has 0 aromatic carbocycles. The summed E-state index contributed by atoms with van der Waals surface area (Å²) in [7, 11) is -0.161. The second-order valence-corrected chi connectivity index (χ2v) is 7.81. The topological polar surface area (TPSA) is 61.2 Å². The number of fused-ring (bicyclic) bond motifs is 1. The zero-order valence-electron chi connectivity index (χ0n) is 12.9. The number of pyridine rings is 1. The molecule has 2 aromatic rings. The summed E-state index contributed by atoms with van der Waals surface area (Å²) < 4.78 is 28.8. The Kier molecular flexibility index (Phi) is 4.18. The van der Waals surface area contributed by atoms with Crippen LogP contribution in [0.4, 0.5) is 0 Å². The number of rotatable bonds is 4. The van der Waals surface area contributed by atoms with Gasteiger partial charge in [-0.1, -0.05) is 6.07 Å². The second-order valence-electron chi connectivity index (χ2n) is 5.67. The molecule has 120 valence electrons. The summed E-state index contributed by atoms with van der Waals surface area (Å²) >= 11 is 0. The molecule has 0 aliphatic carbocycles. The van der Waals surface area contributed by atoms with Gasteiger partial charge in [0.25, 0.3) is 10.2 Å². The van der Waals surface area contributed by atoms with Gasteiger partial charge in [-0.2, -0.15) is 22.1 Å². The van der Waals surface area contributed by atoms with Crippen LogP contribution in [-0.2, 0) is 16.8 Å². The lowest BCUT2D eigenvalue weighted by molar-refractivity contribution is 0.175. The van der Waals surface area contributed by atoms with E-state index in [1.54, 1.807) is 14.1 Å². The smallest absolute Gasteiger partial charge is 0.281 e.